The number of rotatable bonds is 4. The van der Waals surface area contributed by atoms with Gasteiger partial charge in [-0.25, -0.2) is 0 Å². The van der Waals surface area contributed by atoms with E-state index >= 15 is 0 Å². The molecular formula is C67H81BN2. The molecule has 2 aliphatic heterocycles. The molecule has 6 aromatic carbocycles. The van der Waals surface area contributed by atoms with Crippen LogP contribution >= 0.6 is 0 Å². The summed E-state index contributed by atoms with van der Waals surface area (Å²) in [6.45, 7) is 46.7. The van der Waals surface area contributed by atoms with Gasteiger partial charge in [0.25, 0.3) is 6.71 Å². The Labute approximate surface area is 423 Å². The van der Waals surface area contributed by atoms with Gasteiger partial charge in [-0.2, -0.15) is 0 Å². The first kappa shape index (κ1) is 47.3. The Balaban J connectivity index is 1.29. The smallest absolute Gasteiger partial charge is 0.252 e. The summed E-state index contributed by atoms with van der Waals surface area (Å²) in [5.41, 5.74) is 28.2. The number of fused-ring (bicyclic) bond motifs is 7. The summed E-state index contributed by atoms with van der Waals surface area (Å²) in [6.07, 6.45) is 4.65. The van der Waals surface area contributed by atoms with Crippen molar-refractivity contribution in [3.05, 3.63) is 158 Å². The number of nitrogens with zero attached hydrogens (tertiary/aromatic N) is 2. The first-order chi connectivity index (χ1) is 32.4. The molecule has 0 spiro atoms. The van der Waals surface area contributed by atoms with E-state index in [1.54, 1.807) is 0 Å². The average molecular weight is 925 g/mol. The Bertz CT molecular complexity index is 3200. The largest absolute Gasteiger partial charge is 0.311 e. The zero-order chi connectivity index (χ0) is 50.4. The Morgan fingerprint density at radius 3 is 1.53 bits per heavy atom. The standard InChI is InChI=1S/C67H81BN2/c1-40-31-46-48(62(8,9)30-29-61(46,6)7)36-53(40)70-54-32-43(67(18,19)42-23-21-20-22-24-42)25-27-50(54)68-51-35-47-49(65(14,15)38-64(47,12)13)37-55(51)69(56-33-44(60(3,4)5)34-57(70)59(56)68)52-28-26-45-58(41(52)2)66(16,17)39-63(45,10)11/h20-28,31-37H,29-30,38-39H2,1-19H3. The maximum Gasteiger partial charge on any atom is 0.252 e. The fourth-order valence-corrected chi connectivity index (χ4v) is 15.4. The minimum Gasteiger partial charge on any atom is -0.311 e. The molecular weight excluding hydrogens is 844 g/mol. The highest BCUT2D eigenvalue weighted by Crippen LogP contribution is 2.57. The fraction of sp³-hybridized carbons (Fsp3) is 0.463. The molecule has 70 heavy (non-hydrogen) atoms. The molecule has 2 nitrogen and oxygen atoms in total. The van der Waals surface area contributed by atoms with E-state index in [9.17, 15) is 0 Å². The third-order valence-electron chi connectivity index (χ3n) is 19.0. The minimum atomic E-state index is -0.220. The van der Waals surface area contributed by atoms with Gasteiger partial charge in [-0.15, -0.1) is 0 Å². The monoisotopic (exact) mass is 925 g/mol. The second-order valence-electron chi connectivity index (χ2n) is 28.5. The molecule has 6 aromatic rings. The van der Waals surface area contributed by atoms with Crippen molar-refractivity contribution in [3.8, 4) is 0 Å². The summed E-state index contributed by atoms with van der Waals surface area (Å²) in [7, 11) is 0. The molecule has 0 amide bonds. The molecule has 11 rings (SSSR count). The predicted octanol–water partition coefficient (Wildman–Crippen LogP) is 16.3. The van der Waals surface area contributed by atoms with Crippen molar-refractivity contribution in [1.82, 2.24) is 0 Å². The lowest BCUT2D eigenvalue weighted by Gasteiger charge is -2.47. The zero-order valence-corrected chi connectivity index (χ0v) is 46.5. The van der Waals surface area contributed by atoms with Crippen molar-refractivity contribution < 1.29 is 0 Å². The third-order valence-corrected chi connectivity index (χ3v) is 19.0. The van der Waals surface area contributed by atoms with E-state index in [0.717, 1.165) is 12.8 Å². The molecule has 0 unspecified atom stereocenters. The van der Waals surface area contributed by atoms with Gasteiger partial charge in [-0.3, -0.25) is 0 Å². The van der Waals surface area contributed by atoms with Crippen molar-refractivity contribution >= 4 is 57.2 Å². The van der Waals surface area contributed by atoms with Crippen molar-refractivity contribution in [2.75, 3.05) is 9.80 Å². The van der Waals surface area contributed by atoms with Crippen molar-refractivity contribution in [2.45, 2.75) is 201 Å². The van der Waals surface area contributed by atoms with Crippen molar-refractivity contribution in [2.24, 2.45) is 0 Å². The quantitative estimate of drug-likeness (QED) is 0.162. The van der Waals surface area contributed by atoms with Crippen LogP contribution in [0.2, 0.25) is 0 Å². The molecule has 0 aromatic heterocycles. The number of hydrogen-bond donors (Lipinski definition) is 0. The van der Waals surface area contributed by atoms with Gasteiger partial charge in [0.1, 0.15) is 0 Å². The van der Waals surface area contributed by atoms with Crippen LogP contribution in [0.3, 0.4) is 0 Å². The molecule has 0 atom stereocenters. The van der Waals surface area contributed by atoms with Gasteiger partial charge in [0.2, 0.25) is 0 Å². The van der Waals surface area contributed by atoms with Crippen molar-refractivity contribution in [1.29, 1.82) is 0 Å². The van der Waals surface area contributed by atoms with Crippen molar-refractivity contribution in [3.63, 3.8) is 0 Å². The van der Waals surface area contributed by atoms with Gasteiger partial charge in [-0.05, 0) is 191 Å². The van der Waals surface area contributed by atoms with Gasteiger partial charge in [-0.1, -0.05) is 178 Å². The lowest BCUT2D eigenvalue weighted by atomic mass is 9.33. The number of anilines is 6. The highest BCUT2D eigenvalue weighted by atomic mass is 15.2. The summed E-state index contributed by atoms with van der Waals surface area (Å²) < 4.78 is 0. The Hall–Kier alpha value is -5.02. The van der Waals surface area contributed by atoms with Crippen LogP contribution in [-0.2, 0) is 43.3 Å². The maximum absolute atomic E-state index is 2.76. The van der Waals surface area contributed by atoms with E-state index in [1.165, 1.54) is 125 Å². The van der Waals surface area contributed by atoms with E-state index in [2.05, 4.69) is 238 Å². The van der Waals surface area contributed by atoms with Crippen LogP contribution in [-0.4, -0.2) is 6.71 Å². The SMILES string of the molecule is Cc1cc2c(cc1N1c3cc(C(C)(C)c4ccccc4)ccc3B3c4cc5c(cc4N(c4ccc6c(c4C)C(C)(C)CC6(C)C)c4cc(C(C)(C)C)cc1c43)C(C)(C)CC5(C)C)C(C)(C)CCC2(C)C. The van der Waals surface area contributed by atoms with E-state index in [0.29, 0.717) is 0 Å². The van der Waals surface area contributed by atoms with Gasteiger partial charge in [0.05, 0.1) is 0 Å². The molecule has 0 fully saturated rings. The van der Waals surface area contributed by atoms with E-state index in [1.807, 2.05) is 0 Å². The van der Waals surface area contributed by atoms with Crippen LogP contribution < -0.4 is 26.2 Å². The van der Waals surface area contributed by atoms with Crippen LogP contribution in [0.15, 0.2) is 97.1 Å². The predicted molar refractivity (Wildman–Crippen MR) is 304 cm³/mol. The molecule has 2 heterocycles. The lowest BCUT2D eigenvalue weighted by molar-refractivity contribution is 0.332. The lowest BCUT2D eigenvalue weighted by Crippen LogP contribution is -2.62. The Morgan fingerprint density at radius 1 is 0.414 bits per heavy atom. The Kier molecular flexibility index (Phi) is 9.85. The highest BCUT2D eigenvalue weighted by molar-refractivity contribution is 7.00. The molecule has 3 heteroatoms. The summed E-state index contributed by atoms with van der Waals surface area (Å²) in [5.74, 6) is 0. The molecule has 0 saturated heterocycles. The van der Waals surface area contributed by atoms with Crippen LogP contribution in [0.25, 0.3) is 0 Å². The topological polar surface area (TPSA) is 6.48 Å². The molecule has 0 bridgehead atoms. The summed E-state index contributed by atoms with van der Waals surface area (Å²) >= 11 is 0. The van der Waals surface area contributed by atoms with E-state index < -0.39 is 0 Å². The van der Waals surface area contributed by atoms with Crippen LogP contribution in [0.5, 0.6) is 0 Å². The van der Waals surface area contributed by atoms with Crippen LogP contribution in [0, 0.1) is 13.8 Å². The zero-order valence-electron chi connectivity index (χ0n) is 46.5. The first-order valence-corrected chi connectivity index (χ1v) is 26.9. The second-order valence-corrected chi connectivity index (χ2v) is 28.5. The maximum atomic E-state index is 2.76. The number of benzene rings is 6. The fourth-order valence-electron chi connectivity index (χ4n) is 15.4. The van der Waals surface area contributed by atoms with Crippen LogP contribution in [0.4, 0.5) is 34.1 Å². The summed E-state index contributed by atoms with van der Waals surface area (Å²) in [5, 5.41) is 0. The van der Waals surface area contributed by atoms with E-state index in [4.69, 9.17) is 0 Å². The third kappa shape index (κ3) is 6.70. The van der Waals surface area contributed by atoms with Crippen LogP contribution in [0.1, 0.15) is 205 Å². The van der Waals surface area contributed by atoms with E-state index in [-0.39, 0.29) is 50.0 Å². The Morgan fingerprint density at radius 2 is 0.914 bits per heavy atom. The molecule has 0 radical (unpaired) electrons. The molecule has 362 valence electrons. The summed E-state index contributed by atoms with van der Waals surface area (Å²) in [4.78, 5) is 5.52. The highest BCUT2D eigenvalue weighted by Gasteiger charge is 2.51. The molecule has 3 aliphatic carbocycles. The molecule has 0 N–H and O–H groups in total. The molecule has 0 saturated carbocycles. The normalized spacial score (nSPS) is 20.3. The second kappa shape index (κ2) is 14.6. The van der Waals surface area contributed by atoms with Gasteiger partial charge >= 0.3 is 0 Å². The van der Waals surface area contributed by atoms with Gasteiger partial charge in [0.15, 0.2) is 0 Å². The molecule has 5 aliphatic rings. The average Bonchev–Trinajstić information content (AvgIpc) is 3.58. The van der Waals surface area contributed by atoms with Gasteiger partial charge in [0, 0.05) is 39.5 Å². The van der Waals surface area contributed by atoms with Gasteiger partial charge < -0.3 is 9.80 Å². The number of hydrogen-bond acceptors (Lipinski definition) is 2. The first-order valence-electron chi connectivity index (χ1n) is 26.9. The minimum absolute atomic E-state index is 0.0358. The summed E-state index contributed by atoms with van der Waals surface area (Å²) in [6, 6.07) is 39.6. The number of aryl methyl sites for hydroxylation is 1.